The van der Waals surface area contributed by atoms with E-state index in [1.165, 1.54) is 62.4 Å². The van der Waals surface area contributed by atoms with Gasteiger partial charge >= 0.3 is 289 Å². The van der Waals surface area contributed by atoms with E-state index in [2.05, 4.69) is 167 Å². The number of hydrogen-bond donors (Lipinski definition) is 0. The molecular formula is C48H44HfSi. The van der Waals surface area contributed by atoms with Crippen LogP contribution in [0.2, 0.25) is 13.5 Å². The van der Waals surface area contributed by atoms with E-state index in [0.29, 0.717) is 9.59 Å². The third-order valence-corrected chi connectivity index (χ3v) is 27.8. The average Bonchev–Trinajstić information content (AvgIpc) is 3.67. The maximum absolute atomic E-state index is 2.81. The molecule has 0 amide bonds. The van der Waals surface area contributed by atoms with Gasteiger partial charge in [-0.25, -0.2) is 0 Å². The van der Waals surface area contributed by atoms with E-state index < -0.39 is 29.5 Å². The second kappa shape index (κ2) is 13.2. The van der Waals surface area contributed by atoms with Gasteiger partial charge in [-0.2, -0.15) is 0 Å². The maximum atomic E-state index is 2.77. The first kappa shape index (κ1) is 31.8. The van der Waals surface area contributed by atoms with Crippen LogP contribution in [-0.2, 0) is 20.0 Å². The monoisotopic (exact) mass is 828 g/mol. The fraction of sp³-hybridized carbons (Fsp3) is 0.167. The summed E-state index contributed by atoms with van der Waals surface area (Å²) in [5.41, 5.74) is 17.7. The molecule has 0 nitrogen and oxygen atoms in total. The molecule has 50 heavy (non-hydrogen) atoms. The Labute approximate surface area is 304 Å². The Morgan fingerprint density at radius 2 is 0.880 bits per heavy atom. The topological polar surface area (TPSA) is 0 Å². The average molecular weight is 827 g/mol. The first-order chi connectivity index (χ1) is 24.6. The van der Waals surface area contributed by atoms with Crippen LogP contribution in [0.4, 0.5) is 0 Å². The van der Waals surface area contributed by atoms with Gasteiger partial charge in [-0.3, -0.25) is 0 Å². The summed E-state index contributed by atoms with van der Waals surface area (Å²) in [7, 11) is -0.876. The molecule has 0 fully saturated rings. The Balaban J connectivity index is 1.26. The molecule has 2 heteroatoms. The third kappa shape index (κ3) is 5.62. The van der Waals surface area contributed by atoms with Gasteiger partial charge in [0.05, 0.1) is 0 Å². The number of rotatable bonds is 4. The van der Waals surface area contributed by atoms with Crippen molar-refractivity contribution in [2.75, 3.05) is 0 Å². The van der Waals surface area contributed by atoms with Crippen LogP contribution in [0.1, 0.15) is 62.2 Å². The normalized spacial score (nSPS) is 19.9. The fourth-order valence-corrected chi connectivity index (χ4v) is 26.0. The van der Waals surface area contributed by atoms with Crippen molar-refractivity contribution in [1.29, 1.82) is 0 Å². The van der Waals surface area contributed by atoms with Gasteiger partial charge in [0.15, 0.2) is 0 Å². The molecule has 0 saturated carbocycles. The molecule has 0 spiro atoms. The first-order valence-electron chi connectivity index (χ1n) is 18.5. The summed E-state index contributed by atoms with van der Waals surface area (Å²) < 4.78 is 7.58. The number of allylic oxidation sites excluding steroid dienone is 2. The SMILES string of the molecule is [CH3][Hf]1([CH3])[CH2]CCCC2C(c3ccc(-c4ccccc4)cc3)=C([SiH2]C3=C(c4ccc(-c5ccccc5)cc4)[CH]1c1ccccc13)c1ccccc12. The van der Waals surface area contributed by atoms with Crippen molar-refractivity contribution in [2.24, 2.45) is 0 Å². The molecule has 3 aliphatic rings. The zero-order valence-electron chi connectivity index (χ0n) is 29.2. The number of benzene rings is 6. The second-order valence-electron chi connectivity index (χ2n) is 15.2. The molecule has 244 valence electrons. The van der Waals surface area contributed by atoms with Gasteiger partial charge in [-0.15, -0.1) is 0 Å². The van der Waals surface area contributed by atoms with E-state index in [1.54, 1.807) is 38.2 Å². The molecule has 0 radical (unpaired) electrons. The first-order valence-corrected chi connectivity index (χ1v) is 31.7. The van der Waals surface area contributed by atoms with Crippen LogP contribution in [0.15, 0.2) is 158 Å². The van der Waals surface area contributed by atoms with Crippen molar-refractivity contribution < 1.29 is 20.0 Å². The van der Waals surface area contributed by atoms with Gasteiger partial charge < -0.3 is 0 Å². The fourth-order valence-electron chi connectivity index (χ4n) is 9.49. The summed E-state index contributed by atoms with van der Waals surface area (Å²) in [5, 5.41) is 3.38. The van der Waals surface area contributed by atoms with E-state index in [-0.39, 0.29) is 0 Å². The molecule has 0 saturated heterocycles. The Morgan fingerprint density at radius 1 is 0.440 bits per heavy atom. The van der Waals surface area contributed by atoms with Gasteiger partial charge in [0.25, 0.3) is 0 Å². The molecule has 1 heterocycles. The quantitative estimate of drug-likeness (QED) is 0.155. The zero-order chi connectivity index (χ0) is 33.7. The molecule has 2 atom stereocenters. The molecule has 1 aliphatic heterocycles. The van der Waals surface area contributed by atoms with Crippen LogP contribution < -0.4 is 0 Å². The van der Waals surface area contributed by atoms with Crippen molar-refractivity contribution in [3.05, 3.63) is 191 Å². The predicted octanol–water partition coefficient (Wildman–Crippen LogP) is 12.6. The number of fused-ring (bicyclic) bond motifs is 8. The van der Waals surface area contributed by atoms with Gasteiger partial charge in [-0.1, -0.05) is 18.2 Å². The summed E-state index contributed by atoms with van der Waals surface area (Å²) in [6, 6.07) is 60.0. The van der Waals surface area contributed by atoms with Crippen molar-refractivity contribution >= 4 is 31.1 Å². The molecule has 9 rings (SSSR count). The van der Waals surface area contributed by atoms with Gasteiger partial charge in [-0.05, 0) is 0 Å². The molecule has 0 N–H and O–H groups in total. The van der Waals surface area contributed by atoms with Crippen molar-refractivity contribution in [3.63, 3.8) is 0 Å². The Hall–Kier alpha value is -4.11. The van der Waals surface area contributed by atoms with E-state index in [9.17, 15) is 0 Å². The van der Waals surface area contributed by atoms with Crippen LogP contribution in [0, 0.1) is 0 Å². The predicted molar refractivity (Wildman–Crippen MR) is 215 cm³/mol. The van der Waals surface area contributed by atoms with Gasteiger partial charge in [0.1, 0.15) is 0 Å². The Morgan fingerprint density at radius 3 is 1.48 bits per heavy atom. The van der Waals surface area contributed by atoms with Crippen LogP contribution in [-0.4, -0.2) is 9.52 Å². The summed E-state index contributed by atoms with van der Waals surface area (Å²) in [4.78, 5) is 0. The van der Waals surface area contributed by atoms with Crippen molar-refractivity contribution in [1.82, 2.24) is 0 Å². The molecule has 2 unspecified atom stereocenters. The van der Waals surface area contributed by atoms with Gasteiger partial charge in [0.2, 0.25) is 0 Å². The number of hydrogen-bond acceptors (Lipinski definition) is 0. The summed E-state index contributed by atoms with van der Waals surface area (Å²) in [5.74, 6) is 0.470. The summed E-state index contributed by atoms with van der Waals surface area (Å²) in [6.07, 6.45) is 3.89. The summed E-state index contributed by atoms with van der Waals surface area (Å²) in [6.45, 7) is 0. The zero-order valence-corrected chi connectivity index (χ0v) is 34.2. The summed E-state index contributed by atoms with van der Waals surface area (Å²) >= 11 is -2.81. The van der Waals surface area contributed by atoms with Crippen LogP contribution in [0.25, 0.3) is 43.8 Å². The molecular weight excluding hydrogens is 783 g/mol. The van der Waals surface area contributed by atoms with E-state index in [1.807, 2.05) is 0 Å². The minimum absolute atomic E-state index is 0.470. The van der Waals surface area contributed by atoms with Crippen molar-refractivity contribution in [2.45, 2.75) is 42.4 Å². The van der Waals surface area contributed by atoms with E-state index >= 15 is 0 Å². The Kier molecular flexibility index (Phi) is 8.41. The van der Waals surface area contributed by atoms with Gasteiger partial charge in [0, 0.05) is 0 Å². The minimum atomic E-state index is -2.81. The van der Waals surface area contributed by atoms with Crippen molar-refractivity contribution in [3.8, 4) is 22.3 Å². The second-order valence-corrected chi connectivity index (χ2v) is 35.2. The van der Waals surface area contributed by atoms with Crippen LogP contribution in [0.3, 0.4) is 0 Å². The molecule has 0 aromatic heterocycles. The van der Waals surface area contributed by atoms with E-state index in [4.69, 9.17) is 0 Å². The molecule has 6 aromatic rings. The van der Waals surface area contributed by atoms with Crippen LogP contribution >= 0.6 is 0 Å². The standard InChI is InChI=1S/C46H38Si.2CH3.Hf/c1-2-3-19-41-40-21-12-13-22-42(40)46(44(41)37-29-25-35(26-30-37)33-16-8-5-9-17-33)47-45-39-20-11-10-18-38(39)31-43(45)36-27-23-34(24-28-36)32-14-6-4-7-15-32;;;/h4-18,20-31,41H,1-3,19,47H2;2*1H3;. The van der Waals surface area contributed by atoms with E-state index in [0.717, 1.165) is 0 Å². The molecule has 2 aliphatic carbocycles. The molecule has 4 bridgehead atoms. The molecule has 6 aromatic carbocycles. The third-order valence-electron chi connectivity index (χ3n) is 11.9. The Bertz CT molecular complexity index is 2240. The van der Waals surface area contributed by atoms with Crippen LogP contribution in [0.5, 0.6) is 0 Å².